The molecule has 0 aliphatic rings. The Hall–Kier alpha value is 0.1000. The highest BCUT2D eigenvalue weighted by molar-refractivity contribution is 8.56. The normalized spacial score (nSPS) is 13.8. The van der Waals surface area contributed by atoms with Gasteiger partial charge in [0.15, 0.2) is 0 Å². The molecule has 0 bridgehead atoms. The van der Waals surface area contributed by atoms with Crippen LogP contribution < -0.4 is 0 Å². The lowest BCUT2D eigenvalue weighted by molar-refractivity contribution is -0.176. The molecular weight excluding hydrogens is 176 g/mol. The number of hydrogen-bond acceptors (Lipinski definition) is 6. The van der Waals surface area contributed by atoms with Crippen LogP contribution in [0.2, 0.25) is 0 Å². The minimum Gasteiger partial charge on any atom is -0.763 e. The molecule has 0 rings (SSSR count). The highest BCUT2D eigenvalue weighted by Gasteiger charge is 2.00. The third-order valence-corrected chi connectivity index (χ3v) is 1.00. The van der Waals surface area contributed by atoms with Gasteiger partial charge >= 0.3 is 5.48 Å². The molecule has 0 saturated carbocycles. The Labute approximate surface area is 54.5 Å². The first kappa shape index (κ1) is 16.0. The molecule has 4 radical (unpaired) electrons. The Morgan fingerprint density at radius 2 is 1.11 bits per heavy atom. The molecule has 0 aromatic rings. The van der Waals surface area contributed by atoms with Crippen LogP contribution in [-0.4, -0.2) is 28.0 Å². The van der Waals surface area contributed by atoms with Gasteiger partial charge in [-0.1, -0.05) is 0 Å². The van der Waals surface area contributed by atoms with E-state index in [1.165, 1.54) is 0 Å². The maximum Gasteiger partial charge on any atom is 2.00 e. The van der Waals surface area contributed by atoms with E-state index in [2.05, 4.69) is 0 Å². The van der Waals surface area contributed by atoms with Gasteiger partial charge < -0.3 is 9.11 Å². The summed E-state index contributed by atoms with van der Waals surface area (Å²) >= 11 is 0. The van der Waals surface area contributed by atoms with Crippen molar-refractivity contribution in [3.63, 3.8) is 0 Å². The van der Waals surface area contributed by atoms with Crippen LogP contribution in [0.25, 0.3) is 0 Å². The lowest BCUT2D eigenvalue weighted by Crippen LogP contribution is -1.94. The molecule has 2 atom stereocenters. The minimum absolute atomic E-state index is 0. The van der Waals surface area contributed by atoms with Crippen LogP contribution in [0.1, 0.15) is 0 Å². The summed E-state index contributed by atoms with van der Waals surface area (Å²) < 4.78 is 36.3. The Morgan fingerprint density at radius 1 is 1.00 bits per heavy atom. The van der Waals surface area contributed by atoms with Crippen molar-refractivity contribution in [2.24, 2.45) is 0 Å². The molecule has 0 aromatic heterocycles. The summed E-state index contributed by atoms with van der Waals surface area (Å²) in [5.74, 6) is 0. The van der Waals surface area contributed by atoms with Crippen molar-refractivity contribution in [1.82, 2.24) is 0 Å². The Kier molecular flexibility index (Phi) is 19.6. The van der Waals surface area contributed by atoms with Crippen LogP contribution >= 0.6 is 0 Å². The van der Waals surface area contributed by atoms with Gasteiger partial charge in [0.1, 0.15) is 0 Å². The summed E-state index contributed by atoms with van der Waals surface area (Å²) in [5.41, 5.74) is 0. The van der Waals surface area contributed by atoms with Crippen LogP contribution in [0.5, 0.6) is 0 Å². The monoisotopic (exact) mass is 178 g/mol. The molecule has 7 nitrogen and oxygen atoms in total. The summed E-state index contributed by atoms with van der Waals surface area (Å²) in [7, 11) is -5.90. The quantitative estimate of drug-likeness (QED) is 0.217. The van der Waals surface area contributed by atoms with E-state index < -0.39 is 20.2 Å². The highest BCUT2D eigenvalue weighted by atomic mass is 33.2. The second-order valence-corrected chi connectivity index (χ2v) is 2.86. The van der Waals surface area contributed by atoms with Crippen molar-refractivity contribution < 1.29 is 33.5 Å². The SMILES string of the molecule is O=S([O-])S(=O)[O-].OO.[O+2]. The molecule has 9 heteroatoms. The molecule has 0 aliphatic carbocycles. The van der Waals surface area contributed by atoms with E-state index in [1.807, 2.05) is 0 Å². The zero-order chi connectivity index (χ0) is 7.15. The molecule has 0 amide bonds. The average molecular weight is 178 g/mol. The molecule has 0 spiro atoms. The summed E-state index contributed by atoms with van der Waals surface area (Å²) in [6.45, 7) is 0. The van der Waals surface area contributed by atoms with Crippen molar-refractivity contribution >= 4 is 20.2 Å². The van der Waals surface area contributed by atoms with Gasteiger partial charge in [0.05, 0.1) is 0 Å². The fraction of sp³-hybridized carbons (Fsp3) is 0. The minimum atomic E-state index is -2.95. The van der Waals surface area contributed by atoms with Crippen molar-refractivity contribution in [1.29, 1.82) is 0 Å². The molecule has 0 aliphatic heterocycles. The van der Waals surface area contributed by atoms with E-state index >= 15 is 0 Å². The van der Waals surface area contributed by atoms with E-state index in [4.69, 9.17) is 28.0 Å². The first-order chi connectivity index (χ1) is 3.64. The Balaban J connectivity index is -0.000000109. The second-order valence-electron chi connectivity index (χ2n) is 0.408. The van der Waals surface area contributed by atoms with Crippen LogP contribution in [0.3, 0.4) is 0 Å². The van der Waals surface area contributed by atoms with Crippen molar-refractivity contribution in [3.8, 4) is 0 Å². The number of rotatable bonds is 1. The van der Waals surface area contributed by atoms with Crippen LogP contribution in [0, 0.1) is 0 Å². The van der Waals surface area contributed by atoms with E-state index in [-0.39, 0.29) is 5.48 Å². The molecule has 2 unspecified atom stereocenters. The lowest BCUT2D eigenvalue weighted by atomic mass is 15.0. The molecule has 0 saturated heterocycles. The first-order valence-corrected chi connectivity index (χ1v) is 3.70. The zero-order valence-electron chi connectivity index (χ0n) is 3.75. The van der Waals surface area contributed by atoms with Crippen LogP contribution in [0.4, 0.5) is 0 Å². The van der Waals surface area contributed by atoms with E-state index in [0.717, 1.165) is 0 Å². The summed E-state index contributed by atoms with van der Waals surface area (Å²) in [5, 5.41) is 12.0. The third kappa shape index (κ3) is 17.9. The van der Waals surface area contributed by atoms with Crippen molar-refractivity contribution in [2.45, 2.75) is 0 Å². The highest BCUT2D eigenvalue weighted by Crippen LogP contribution is 1.73. The van der Waals surface area contributed by atoms with E-state index in [9.17, 15) is 0 Å². The summed E-state index contributed by atoms with van der Waals surface area (Å²) in [6, 6.07) is 0. The van der Waals surface area contributed by atoms with E-state index in [0.29, 0.717) is 0 Å². The largest absolute Gasteiger partial charge is 2.00 e. The van der Waals surface area contributed by atoms with Gasteiger partial charge in [-0.3, -0.25) is 18.9 Å². The fourth-order valence-electron chi connectivity index (χ4n) is 0. The molecule has 9 heavy (non-hydrogen) atoms. The van der Waals surface area contributed by atoms with E-state index in [1.54, 1.807) is 0 Å². The average Bonchev–Trinajstić information content (AvgIpc) is 1.72. The lowest BCUT2D eigenvalue weighted by Gasteiger charge is -2.04. The van der Waals surface area contributed by atoms with Gasteiger partial charge in [0.25, 0.3) is 0 Å². The predicted octanol–water partition coefficient (Wildman–Crippen LogP) is -1.44. The topological polar surface area (TPSA) is 149 Å². The van der Waals surface area contributed by atoms with Gasteiger partial charge in [0, 0.05) is 20.2 Å². The van der Waals surface area contributed by atoms with Gasteiger partial charge in [0.2, 0.25) is 0 Å². The molecule has 2 N–H and O–H groups in total. The standard InChI is InChI=1S/H2O4S2.H2O2.O/c1-5(2)6(3)4;1-2;/h(H,1,2)(H,3,4);1-2H;/q;;+2/p-2. The van der Waals surface area contributed by atoms with Crippen LogP contribution in [0.15, 0.2) is 0 Å². The van der Waals surface area contributed by atoms with Gasteiger partial charge in [-0.15, -0.1) is 0 Å². The van der Waals surface area contributed by atoms with Gasteiger partial charge in [-0.05, 0) is 0 Å². The molecule has 0 aromatic carbocycles. The zero-order valence-corrected chi connectivity index (χ0v) is 5.39. The smallest absolute Gasteiger partial charge is 0.763 e. The maximum atomic E-state index is 9.09. The fourth-order valence-corrected chi connectivity index (χ4v) is 0. The summed E-state index contributed by atoms with van der Waals surface area (Å²) in [4.78, 5) is 0. The summed E-state index contributed by atoms with van der Waals surface area (Å²) in [6.07, 6.45) is 0. The number of hydrogen-bond donors (Lipinski definition) is 2. The molecule has 56 valence electrons. The Morgan fingerprint density at radius 3 is 1.11 bits per heavy atom. The third-order valence-electron chi connectivity index (χ3n) is 0.111. The van der Waals surface area contributed by atoms with Crippen LogP contribution in [-0.2, 0) is 25.7 Å². The second kappa shape index (κ2) is 11.0. The van der Waals surface area contributed by atoms with Crippen molar-refractivity contribution in [3.05, 3.63) is 0 Å². The maximum absolute atomic E-state index is 9.09. The van der Waals surface area contributed by atoms with Gasteiger partial charge in [-0.2, -0.15) is 0 Å². The van der Waals surface area contributed by atoms with Crippen molar-refractivity contribution in [2.75, 3.05) is 0 Å². The first-order valence-electron chi connectivity index (χ1n) is 1.03. The molecule has 0 fully saturated rings. The molecular formula is H2O7S2. The molecule has 0 heterocycles. The van der Waals surface area contributed by atoms with Gasteiger partial charge in [-0.25, -0.2) is 0 Å². The predicted molar refractivity (Wildman–Crippen MR) is 23.8 cm³/mol. The Bertz CT molecular complexity index is 72.9.